The molecule has 0 unspecified atom stereocenters. The Labute approximate surface area is 167 Å². The molecule has 2 aliphatic heterocycles. The smallest absolute Gasteiger partial charge is 0.318 e. The van der Waals surface area contributed by atoms with Gasteiger partial charge < -0.3 is 20.1 Å². The van der Waals surface area contributed by atoms with E-state index < -0.39 is 23.8 Å². The van der Waals surface area contributed by atoms with Crippen LogP contribution < -0.4 is 10.6 Å². The zero-order valence-electron chi connectivity index (χ0n) is 17.7. The van der Waals surface area contributed by atoms with Crippen LogP contribution in [0.4, 0.5) is 0 Å². The third-order valence-corrected chi connectivity index (χ3v) is 5.04. The third kappa shape index (κ3) is 6.49. The Hall–Kier alpha value is -2.12. The maximum Gasteiger partial charge on any atom is 0.318 e. The lowest BCUT2D eigenvalue weighted by atomic mass is 9.88. The molecule has 0 spiro atoms. The van der Waals surface area contributed by atoms with E-state index in [2.05, 4.69) is 47.8 Å². The van der Waals surface area contributed by atoms with Crippen LogP contribution in [0, 0.1) is 35.5 Å². The molecule has 2 heterocycles. The molecule has 2 N–H and O–H groups in total. The zero-order valence-corrected chi connectivity index (χ0v) is 17.7. The van der Waals surface area contributed by atoms with Gasteiger partial charge in [0.1, 0.15) is 11.8 Å². The minimum absolute atomic E-state index is 0.0925. The van der Waals surface area contributed by atoms with Crippen molar-refractivity contribution in [2.24, 2.45) is 35.5 Å². The van der Waals surface area contributed by atoms with Crippen molar-refractivity contribution in [3.05, 3.63) is 0 Å². The van der Waals surface area contributed by atoms with Crippen LogP contribution in [0.5, 0.6) is 0 Å². The summed E-state index contributed by atoms with van der Waals surface area (Å²) in [6.45, 7) is 9.51. The van der Waals surface area contributed by atoms with Crippen molar-refractivity contribution in [2.45, 2.75) is 40.5 Å². The number of methoxy groups -OCH3 is 2. The Balaban J connectivity index is 0.000000280. The predicted molar refractivity (Wildman–Crippen MR) is 103 cm³/mol. The van der Waals surface area contributed by atoms with Crippen molar-refractivity contribution in [3.63, 3.8) is 0 Å². The van der Waals surface area contributed by atoms with Crippen molar-refractivity contribution in [3.8, 4) is 0 Å². The van der Waals surface area contributed by atoms with E-state index in [0.717, 1.165) is 12.8 Å². The van der Waals surface area contributed by atoms with Gasteiger partial charge in [-0.05, 0) is 36.5 Å². The van der Waals surface area contributed by atoms with Crippen LogP contribution in [-0.4, -0.2) is 51.1 Å². The number of nitrogens with one attached hydrogen (secondary N) is 2. The fourth-order valence-corrected chi connectivity index (χ4v) is 3.85. The van der Waals surface area contributed by atoms with Gasteiger partial charge in [0.25, 0.3) is 0 Å². The molecular formula is C20H34N2O6. The fourth-order valence-electron chi connectivity index (χ4n) is 3.85. The van der Waals surface area contributed by atoms with E-state index >= 15 is 0 Å². The molecule has 2 fully saturated rings. The van der Waals surface area contributed by atoms with Crippen LogP contribution in [-0.2, 0) is 28.7 Å². The summed E-state index contributed by atoms with van der Waals surface area (Å²) in [5.74, 6) is -1.24. The molecule has 0 bridgehead atoms. The van der Waals surface area contributed by atoms with Gasteiger partial charge in [-0.15, -0.1) is 0 Å². The second-order valence-corrected chi connectivity index (χ2v) is 8.27. The summed E-state index contributed by atoms with van der Waals surface area (Å²) in [5, 5.41) is 5.40. The van der Waals surface area contributed by atoms with E-state index in [1.807, 2.05) is 0 Å². The quantitative estimate of drug-likeness (QED) is 0.513. The number of amides is 2. The summed E-state index contributed by atoms with van der Waals surface area (Å²) in [6.07, 6.45) is 1.75. The highest BCUT2D eigenvalue weighted by molar-refractivity contribution is 6.00. The van der Waals surface area contributed by atoms with Crippen LogP contribution >= 0.6 is 0 Å². The highest BCUT2D eigenvalue weighted by Gasteiger charge is 2.41. The van der Waals surface area contributed by atoms with Gasteiger partial charge in [0.2, 0.25) is 11.8 Å². The zero-order chi connectivity index (χ0) is 21.4. The Morgan fingerprint density at radius 1 is 0.821 bits per heavy atom. The van der Waals surface area contributed by atoms with E-state index in [-0.39, 0.29) is 23.7 Å². The van der Waals surface area contributed by atoms with Gasteiger partial charge in [-0.1, -0.05) is 27.7 Å². The second-order valence-electron chi connectivity index (χ2n) is 8.27. The summed E-state index contributed by atoms with van der Waals surface area (Å²) >= 11 is 0. The van der Waals surface area contributed by atoms with Crippen molar-refractivity contribution in [2.75, 3.05) is 27.3 Å². The molecule has 0 aromatic carbocycles. The SMILES string of the molecule is COC(=O)[C@@H]1C(=O)NC[C@H]1CC(C)C.COC(=O)[C@@H]1C(=O)NC[C@H]1CC(C)C. The number of ether oxygens (including phenoxy) is 2. The summed E-state index contributed by atoms with van der Waals surface area (Å²) in [7, 11) is 2.64. The third-order valence-electron chi connectivity index (χ3n) is 5.04. The Morgan fingerprint density at radius 3 is 1.39 bits per heavy atom. The minimum Gasteiger partial charge on any atom is -0.468 e. The molecule has 0 aliphatic carbocycles. The highest BCUT2D eigenvalue weighted by atomic mass is 16.5. The topological polar surface area (TPSA) is 111 Å². The van der Waals surface area contributed by atoms with Gasteiger partial charge in [-0.25, -0.2) is 0 Å². The predicted octanol–water partition coefficient (Wildman–Crippen LogP) is 1.14. The van der Waals surface area contributed by atoms with E-state index in [9.17, 15) is 19.2 Å². The van der Waals surface area contributed by atoms with Crippen LogP contribution in [0.1, 0.15) is 40.5 Å². The molecule has 2 aliphatic rings. The number of hydrogen-bond acceptors (Lipinski definition) is 6. The van der Waals surface area contributed by atoms with E-state index in [0.29, 0.717) is 24.9 Å². The molecule has 0 aromatic heterocycles. The standard InChI is InChI=1S/2C10H17NO3/c2*1-6(2)4-7-5-11-9(12)8(7)10(13)14-3/h2*6-8H,4-5H2,1-3H3,(H,11,12)/t2*7-,8+/m11/s1. The van der Waals surface area contributed by atoms with Gasteiger partial charge in [0.05, 0.1) is 14.2 Å². The number of rotatable bonds is 6. The summed E-state index contributed by atoms with van der Waals surface area (Å²) in [5.41, 5.74) is 0. The van der Waals surface area contributed by atoms with Crippen LogP contribution in [0.25, 0.3) is 0 Å². The van der Waals surface area contributed by atoms with Crippen molar-refractivity contribution in [1.29, 1.82) is 0 Å². The monoisotopic (exact) mass is 398 g/mol. The highest BCUT2D eigenvalue weighted by Crippen LogP contribution is 2.26. The maximum absolute atomic E-state index is 11.4. The fraction of sp³-hybridized carbons (Fsp3) is 0.800. The first-order chi connectivity index (χ1) is 13.1. The first-order valence-corrected chi connectivity index (χ1v) is 9.83. The minimum atomic E-state index is -0.595. The molecule has 0 saturated carbocycles. The number of carbonyl (C=O) groups excluding carboxylic acids is 4. The van der Waals surface area contributed by atoms with Crippen molar-refractivity contribution < 1.29 is 28.7 Å². The Bertz CT molecular complexity index is 525. The molecule has 0 radical (unpaired) electrons. The molecule has 2 amide bonds. The summed E-state index contributed by atoms with van der Waals surface area (Å²) < 4.78 is 9.23. The van der Waals surface area contributed by atoms with Gasteiger partial charge in [0, 0.05) is 13.1 Å². The first kappa shape index (κ1) is 23.9. The molecule has 4 atom stereocenters. The largest absolute Gasteiger partial charge is 0.468 e. The Morgan fingerprint density at radius 2 is 1.14 bits per heavy atom. The van der Waals surface area contributed by atoms with E-state index in [1.54, 1.807) is 0 Å². The normalized spacial score (nSPS) is 26.4. The van der Waals surface area contributed by atoms with Crippen LogP contribution in [0.3, 0.4) is 0 Å². The molecule has 2 rings (SSSR count). The van der Waals surface area contributed by atoms with Gasteiger partial charge in [-0.3, -0.25) is 19.2 Å². The summed E-state index contributed by atoms with van der Waals surface area (Å²) in [4.78, 5) is 45.4. The van der Waals surface area contributed by atoms with Gasteiger partial charge in [-0.2, -0.15) is 0 Å². The molecule has 0 aromatic rings. The average molecular weight is 399 g/mol. The lowest BCUT2D eigenvalue weighted by Gasteiger charge is -2.16. The number of hydrogen-bond donors (Lipinski definition) is 2. The van der Waals surface area contributed by atoms with Crippen LogP contribution in [0.15, 0.2) is 0 Å². The second kappa shape index (κ2) is 11.0. The average Bonchev–Trinajstić information content (AvgIpc) is 3.16. The molecule has 8 nitrogen and oxygen atoms in total. The summed E-state index contributed by atoms with van der Waals surface area (Å²) in [6, 6.07) is 0. The first-order valence-electron chi connectivity index (χ1n) is 9.83. The molecule has 8 heteroatoms. The van der Waals surface area contributed by atoms with Crippen LogP contribution in [0.2, 0.25) is 0 Å². The molecule has 160 valence electrons. The lowest BCUT2D eigenvalue weighted by molar-refractivity contribution is -0.151. The number of esters is 2. The van der Waals surface area contributed by atoms with Gasteiger partial charge >= 0.3 is 11.9 Å². The van der Waals surface area contributed by atoms with Crippen molar-refractivity contribution >= 4 is 23.8 Å². The Kier molecular flexibility index (Phi) is 9.41. The van der Waals surface area contributed by atoms with E-state index in [1.165, 1.54) is 14.2 Å². The molecule has 28 heavy (non-hydrogen) atoms. The lowest BCUT2D eigenvalue weighted by Crippen LogP contribution is -2.29. The molecular weight excluding hydrogens is 364 g/mol. The number of carbonyl (C=O) groups is 4. The maximum atomic E-state index is 11.4. The van der Waals surface area contributed by atoms with Gasteiger partial charge in [0.15, 0.2) is 0 Å². The van der Waals surface area contributed by atoms with Crippen molar-refractivity contribution in [1.82, 2.24) is 10.6 Å². The molecule has 2 saturated heterocycles. The van der Waals surface area contributed by atoms with E-state index in [4.69, 9.17) is 0 Å².